The van der Waals surface area contributed by atoms with Crippen molar-refractivity contribution in [1.82, 2.24) is 20.4 Å². The summed E-state index contributed by atoms with van der Waals surface area (Å²) >= 11 is 0. The number of rotatable bonds is 6. The van der Waals surface area contributed by atoms with Gasteiger partial charge in [-0.05, 0) is 32.0 Å². The van der Waals surface area contributed by atoms with Crippen LogP contribution in [0.25, 0.3) is 0 Å². The fourth-order valence-electron chi connectivity index (χ4n) is 2.01. The Kier molecular flexibility index (Phi) is 4.81. The van der Waals surface area contributed by atoms with Crippen molar-refractivity contribution in [2.24, 2.45) is 0 Å². The first kappa shape index (κ1) is 14.2. The van der Waals surface area contributed by atoms with Crippen molar-refractivity contribution in [2.45, 2.75) is 38.9 Å². The fourth-order valence-corrected chi connectivity index (χ4v) is 2.01. The van der Waals surface area contributed by atoms with Gasteiger partial charge in [-0.25, -0.2) is 4.79 Å². The minimum atomic E-state index is -0.177. The van der Waals surface area contributed by atoms with E-state index in [1.807, 2.05) is 38.2 Å². The molecule has 0 bridgehead atoms. The molecule has 2 aromatic rings. The summed E-state index contributed by atoms with van der Waals surface area (Å²) in [5.41, 5.74) is 0. The Hall–Kier alpha value is -2.24. The Balaban J connectivity index is 1.71. The second kappa shape index (κ2) is 6.79. The molecule has 0 fully saturated rings. The molecule has 2 amide bonds. The van der Waals surface area contributed by atoms with Crippen LogP contribution in [0.5, 0.6) is 0 Å². The number of aromatic nitrogens is 2. The third-order valence-corrected chi connectivity index (χ3v) is 2.86. The van der Waals surface area contributed by atoms with Crippen LogP contribution in [0.4, 0.5) is 4.79 Å². The van der Waals surface area contributed by atoms with Gasteiger partial charge in [-0.15, -0.1) is 0 Å². The fraction of sp³-hybridized carbons (Fsp3) is 0.429. The molecule has 108 valence electrons. The van der Waals surface area contributed by atoms with Gasteiger partial charge in [-0.3, -0.25) is 4.68 Å². The molecule has 0 unspecified atom stereocenters. The Morgan fingerprint density at radius 2 is 2.15 bits per heavy atom. The second-order valence-corrected chi connectivity index (χ2v) is 4.93. The van der Waals surface area contributed by atoms with Gasteiger partial charge in [0, 0.05) is 30.9 Å². The van der Waals surface area contributed by atoms with Crippen molar-refractivity contribution in [1.29, 1.82) is 0 Å². The van der Waals surface area contributed by atoms with Gasteiger partial charge < -0.3 is 15.1 Å². The third-order valence-electron chi connectivity index (χ3n) is 2.86. The largest absolute Gasteiger partial charge is 0.469 e. The molecule has 2 aromatic heterocycles. The molecule has 6 heteroatoms. The van der Waals surface area contributed by atoms with E-state index in [0.29, 0.717) is 13.0 Å². The van der Waals surface area contributed by atoms with Crippen LogP contribution < -0.4 is 10.6 Å². The molecule has 0 aliphatic carbocycles. The number of nitrogens with one attached hydrogen (secondary N) is 2. The number of furan rings is 1. The normalized spacial score (nSPS) is 13.7. The van der Waals surface area contributed by atoms with E-state index in [-0.39, 0.29) is 18.1 Å². The summed E-state index contributed by atoms with van der Waals surface area (Å²) in [4.78, 5) is 11.8. The highest BCUT2D eigenvalue weighted by Crippen LogP contribution is 2.03. The molecule has 0 radical (unpaired) electrons. The topological polar surface area (TPSA) is 72.1 Å². The molecule has 2 atom stereocenters. The van der Waals surface area contributed by atoms with E-state index < -0.39 is 0 Å². The second-order valence-electron chi connectivity index (χ2n) is 4.93. The van der Waals surface area contributed by atoms with Crippen LogP contribution >= 0.6 is 0 Å². The highest BCUT2D eigenvalue weighted by molar-refractivity contribution is 5.74. The van der Waals surface area contributed by atoms with Gasteiger partial charge in [0.05, 0.1) is 12.8 Å². The number of carbonyl (C=O) groups is 1. The Morgan fingerprint density at radius 3 is 2.80 bits per heavy atom. The van der Waals surface area contributed by atoms with E-state index in [4.69, 9.17) is 4.42 Å². The molecular weight excluding hydrogens is 256 g/mol. The minimum absolute atomic E-state index is 0.00529. The summed E-state index contributed by atoms with van der Waals surface area (Å²) in [6.45, 7) is 4.53. The van der Waals surface area contributed by atoms with Crippen LogP contribution in [-0.4, -0.2) is 27.9 Å². The van der Waals surface area contributed by atoms with Gasteiger partial charge in [-0.1, -0.05) is 0 Å². The summed E-state index contributed by atoms with van der Waals surface area (Å²) in [5.74, 6) is 0.863. The molecule has 2 rings (SSSR count). The average molecular weight is 276 g/mol. The van der Waals surface area contributed by atoms with E-state index in [1.54, 1.807) is 17.1 Å². The SMILES string of the molecule is C[C@H](Cn1cccn1)NC(=O)N[C@@H](C)Cc1ccco1. The van der Waals surface area contributed by atoms with E-state index in [0.717, 1.165) is 5.76 Å². The van der Waals surface area contributed by atoms with Crippen molar-refractivity contribution in [3.05, 3.63) is 42.6 Å². The molecule has 0 spiro atoms. The maximum absolute atomic E-state index is 11.8. The zero-order valence-corrected chi connectivity index (χ0v) is 11.7. The lowest BCUT2D eigenvalue weighted by Gasteiger charge is -2.17. The number of urea groups is 1. The van der Waals surface area contributed by atoms with E-state index in [1.165, 1.54) is 0 Å². The molecule has 0 saturated heterocycles. The van der Waals surface area contributed by atoms with Crippen LogP contribution in [0.2, 0.25) is 0 Å². The smallest absolute Gasteiger partial charge is 0.315 e. The van der Waals surface area contributed by atoms with Gasteiger partial charge in [-0.2, -0.15) is 5.10 Å². The lowest BCUT2D eigenvalue weighted by Crippen LogP contribution is -2.46. The maximum atomic E-state index is 11.8. The van der Waals surface area contributed by atoms with Crippen molar-refractivity contribution >= 4 is 6.03 Å². The van der Waals surface area contributed by atoms with E-state index in [9.17, 15) is 4.79 Å². The first-order valence-electron chi connectivity index (χ1n) is 6.70. The number of hydrogen-bond acceptors (Lipinski definition) is 3. The lowest BCUT2D eigenvalue weighted by molar-refractivity contribution is 0.232. The van der Waals surface area contributed by atoms with Crippen molar-refractivity contribution in [3.8, 4) is 0 Å². The molecule has 6 nitrogen and oxygen atoms in total. The van der Waals surface area contributed by atoms with Crippen molar-refractivity contribution in [3.63, 3.8) is 0 Å². The molecular formula is C14H20N4O2. The summed E-state index contributed by atoms with van der Waals surface area (Å²) in [6, 6.07) is 5.44. The number of carbonyl (C=O) groups excluding carboxylic acids is 1. The Morgan fingerprint density at radius 1 is 1.35 bits per heavy atom. The van der Waals surface area contributed by atoms with Gasteiger partial charge in [0.1, 0.15) is 5.76 Å². The summed E-state index contributed by atoms with van der Waals surface area (Å²) in [5, 5.41) is 9.88. The molecule has 20 heavy (non-hydrogen) atoms. The number of amides is 2. The summed E-state index contributed by atoms with van der Waals surface area (Å²) in [7, 11) is 0. The lowest BCUT2D eigenvalue weighted by atomic mass is 10.2. The minimum Gasteiger partial charge on any atom is -0.469 e. The van der Waals surface area contributed by atoms with Crippen LogP contribution in [0.15, 0.2) is 41.3 Å². The summed E-state index contributed by atoms with van der Waals surface area (Å²) < 4.78 is 7.04. The number of nitrogens with zero attached hydrogens (tertiary/aromatic N) is 2. The standard InChI is InChI=1S/C14H20N4O2/c1-11(9-13-5-3-8-20-13)16-14(19)17-12(2)10-18-7-4-6-15-18/h3-8,11-12H,9-10H2,1-2H3,(H2,16,17,19)/t11-,12+/m0/s1. The predicted octanol–water partition coefficient (Wildman–Crippen LogP) is 1.79. The van der Waals surface area contributed by atoms with Crippen molar-refractivity contribution < 1.29 is 9.21 Å². The third kappa shape index (κ3) is 4.46. The van der Waals surface area contributed by atoms with Gasteiger partial charge in [0.15, 0.2) is 0 Å². The van der Waals surface area contributed by atoms with Gasteiger partial charge in [0.2, 0.25) is 0 Å². The van der Waals surface area contributed by atoms with Crippen LogP contribution in [0.1, 0.15) is 19.6 Å². The van der Waals surface area contributed by atoms with Crippen LogP contribution in [0.3, 0.4) is 0 Å². The highest BCUT2D eigenvalue weighted by Gasteiger charge is 2.12. The molecule has 0 aliphatic heterocycles. The van der Waals surface area contributed by atoms with Crippen LogP contribution in [0, 0.1) is 0 Å². The molecule has 0 aromatic carbocycles. The predicted molar refractivity (Wildman–Crippen MR) is 75.2 cm³/mol. The quantitative estimate of drug-likeness (QED) is 0.845. The van der Waals surface area contributed by atoms with Crippen LogP contribution in [-0.2, 0) is 13.0 Å². The monoisotopic (exact) mass is 276 g/mol. The van der Waals surface area contributed by atoms with Gasteiger partial charge >= 0.3 is 6.03 Å². The molecule has 2 N–H and O–H groups in total. The van der Waals surface area contributed by atoms with Crippen molar-refractivity contribution in [2.75, 3.05) is 0 Å². The van der Waals surface area contributed by atoms with E-state index >= 15 is 0 Å². The van der Waals surface area contributed by atoms with Gasteiger partial charge in [0.25, 0.3) is 0 Å². The highest BCUT2D eigenvalue weighted by atomic mass is 16.3. The molecule has 2 heterocycles. The molecule has 0 saturated carbocycles. The average Bonchev–Trinajstić information content (AvgIpc) is 3.01. The molecule has 0 aliphatic rings. The Bertz CT molecular complexity index is 461. The summed E-state index contributed by atoms with van der Waals surface area (Å²) in [6.07, 6.45) is 5.90. The zero-order chi connectivity index (χ0) is 14.4. The zero-order valence-electron chi connectivity index (χ0n) is 11.7. The van der Waals surface area contributed by atoms with E-state index in [2.05, 4.69) is 15.7 Å². The Labute approximate surface area is 118 Å². The first-order valence-corrected chi connectivity index (χ1v) is 6.70. The first-order chi connectivity index (χ1) is 9.63. The maximum Gasteiger partial charge on any atom is 0.315 e. The number of hydrogen-bond donors (Lipinski definition) is 2.